The molecule has 5 rings (SSSR count). The summed E-state index contributed by atoms with van der Waals surface area (Å²) in [6.45, 7) is 2.64. The largest absolute Gasteiger partial charge is 0.377 e. The lowest BCUT2D eigenvalue weighted by molar-refractivity contribution is -0.146. The molecule has 27 heavy (non-hydrogen) atoms. The number of carbonyl (C=O) groups is 2. The van der Waals surface area contributed by atoms with Gasteiger partial charge in [-0.25, -0.2) is 4.39 Å². The van der Waals surface area contributed by atoms with E-state index in [1.54, 1.807) is 11.1 Å². The highest BCUT2D eigenvalue weighted by Crippen LogP contribution is 2.37. The first-order chi connectivity index (χ1) is 13.0. The first kappa shape index (κ1) is 17.2. The minimum absolute atomic E-state index is 0.00980. The summed E-state index contributed by atoms with van der Waals surface area (Å²) in [6.07, 6.45) is 4.58. The van der Waals surface area contributed by atoms with E-state index in [-0.39, 0.29) is 36.8 Å². The third-order valence-corrected chi connectivity index (χ3v) is 6.61. The van der Waals surface area contributed by atoms with Gasteiger partial charge in [0.1, 0.15) is 0 Å². The molecule has 1 aromatic heterocycles. The highest BCUT2D eigenvalue weighted by Gasteiger charge is 2.50. The van der Waals surface area contributed by atoms with Crippen molar-refractivity contribution in [3.05, 3.63) is 18.0 Å². The van der Waals surface area contributed by atoms with Gasteiger partial charge >= 0.3 is 0 Å². The van der Waals surface area contributed by atoms with Gasteiger partial charge in [0.05, 0.1) is 24.8 Å². The molecular weight excluding hydrogens is 351 g/mol. The van der Waals surface area contributed by atoms with Gasteiger partial charge in [0, 0.05) is 44.8 Å². The fourth-order valence-corrected chi connectivity index (χ4v) is 5.26. The van der Waals surface area contributed by atoms with Gasteiger partial charge in [-0.15, -0.1) is 0 Å². The highest BCUT2D eigenvalue weighted by molar-refractivity contribution is 5.87. The lowest BCUT2D eigenvalue weighted by atomic mass is 9.94. The molecule has 4 unspecified atom stereocenters. The maximum atomic E-state index is 14.8. The van der Waals surface area contributed by atoms with E-state index in [2.05, 4.69) is 5.10 Å². The molecule has 3 fully saturated rings. The van der Waals surface area contributed by atoms with Crippen LogP contribution in [0.2, 0.25) is 0 Å². The van der Waals surface area contributed by atoms with Crippen molar-refractivity contribution in [2.75, 3.05) is 32.8 Å². The molecule has 3 saturated heterocycles. The van der Waals surface area contributed by atoms with Crippen LogP contribution in [0.3, 0.4) is 0 Å². The van der Waals surface area contributed by atoms with Crippen molar-refractivity contribution < 1.29 is 18.7 Å². The Hall–Kier alpha value is -1.96. The molecule has 0 saturated carbocycles. The van der Waals surface area contributed by atoms with Crippen LogP contribution in [0.5, 0.6) is 0 Å². The molecule has 1 aromatic rings. The van der Waals surface area contributed by atoms with Crippen LogP contribution in [0.15, 0.2) is 12.3 Å². The number of fused-ring (bicyclic) bond motifs is 3. The van der Waals surface area contributed by atoms with E-state index in [0.717, 1.165) is 31.5 Å². The third kappa shape index (κ3) is 2.76. The van der Waals surface area contributed by atoms with Crippen LogP contribution >= 0.6 is 0 Å². The number of amides is 2. The number of likely N-dealkylation sites (tertiary alicyclic amines) is 2. The number of aromatic nitrogens is 2. The Morgan fingerprint density at radius 3 is 3.00 bits per heavy atom. The second kappa shape index (κ2) is 6.29. The summed E-state index contributed by atoms with van der Waals surface area (Å²) in [5.74, 6) is -0.242. The fourth-order valence-electron chi connectivity index (χ4n) is 5.26. The monoisotopic (exact) mass is 376 g/mol. The van der Waals surface area contributed by atoms with Crippen molar-refractivity contribution >= 4 is 11.8 Å². The van der Waals surface area contributed by atoms with E-state index in [4.69, 9.17) is 4.74 Å². The number of ether oxygens (including phenoxy) is 1. The van der Waals surface area contributed by atoms with E-state index in [1.165, 1.54) is 0 Å². The fraction of sp³-hybridized carbons (Fsp3) is 0.737. The van der Waals surface area contributed by atoms with Crippen LogP contribution in [-0.4, -0.2) is 76.0 Å². The molecule has 4 aliphatic rings. The quantitative estimate of drug-likeness (QED) is 0.771. The maximum Gasteiger partial charge on any atom is 0.262 e. The minimum Gasteiger partial charge on any atom is -0.377 e. The number of halogens is 1. The van der Waals surface area contributed by atoms with Crippen LogP contribution in [0.1, 0.15) is 37.3 Å². The summed E-state index contributed by atoms with van der Waals surface area (Å²) in [5.41, 5.74) is -0.895. The summed E-state index contributed by atoms with van der Waals surface area (Å²) in [7, 11) is 0. The second-order valence-electron chi connectivity index (χ2n) is 8.40. The summed E-state index contributed by atoms with van der Waals surface area (Å²) < 4.78 is 21.9. The average Bonchev–Trinajstić information content (AvgIpc) is 3.39. The SMILES string of the molecule is O=C(C1CCCn2nccc21)N1CC2CC1CN(C(=O)C1(F)CCOC1)C2. The first-order valence-corrected chi connectivity index (χ1v) is 9.93. The van der Waals surface area contributed by atoms with Crippen LogP contribution in [0.25, 0.3) is 0 Å². The number of aryl methyl sites for hydroxylation is 1. The second-order valence-corrected chi connectivity index (χ2v) is 8.40. The third-order valence-electron chi connectivity index (χ3n) is 6.61. The smallest absolute Gasteiger partial charge is 0.262 e. The molecule has 0 aromatic carbocycles. The van der Waals surface area contributed by atoms with Crippen LogP contribution < -0.4 is 0 Å². The zero-order valence-corrected chi connectivity index (χ0v) is 15.3. The Bertz CT molecular complexity index is 760. The number of hydrogen-bond acceptors (Lipinski definition) is 4. The number of alkyl halides is 1. The van der Waals surface area contributed by atoms with Gasteiger partial charge in [0.2, 0.25) is 11.6 Å². The number of nitrogens with zero attached hydrogens (tertiary/aromatic N) is 4. The predicted molar refractivity (Wildman–Crippen MR) is 93.7 cm³/mol. The highest BCUT2D eigenvalue weighted by atomic mass is 19.1. The molecule has 4 aliphatic heterocycles. The van der Waals surface area contributed by atoms with Crippen molar-refractivity contribution in [2.24, 2.45) is 5.92 Å². The first-order valence-electron chi connectivity index (χ1n) is 9.93. The summed E-state index contributed by atoms with van der Waals surface area (Å²) in [6, 6.07) is 1.93. The van der Waals surface area contributed by atoms with Crippen molar-refractivity contribution in [3.8, 4) is 0 Å². The molecule has 8 heteroatoms. The standard InChI is InChI=1S/C19H25FN4O3/c20-19(4-7-27-12-19)18(26)22-9-13-8-14(11-22)23(10-13)17(25)15-2-1-6-24-16(15)3-5-21-24/h3,5,13-15H,1-2,4,6-12H2. The van der Waals surface area contributed by atoms with Gasteiger partial charge in [-0.05, 0) is 31.2 Å². The summed E-state index contributed by atoms with van der Waals surface area (Å²) >= 11 is 0. The Labute approximate surface area is 157 Å². The Morgan fingerprint density at radius 2 is 2.19 bits per heavy atom. The normalized spacial score (nSPS) is 35.4. The molecule has 4 atom stereocenters. The van der Waals surface area contributed by atoms with Gasteiger partial charge in [-0.3, -0.25) is 14.3 Å². The molecule has 5 heterocycles. The van der Waals surface area contributed by atoms with E-state index in [1.807, 2.05) is 15.6 Å². The van der Waals surface area contributed by atoms with Gasteiger partial charge in [0.25, 0.3) is 5.91 Å². The van der Waals surface area contributed by atoms with E-state index in [9.17, 15) is 14.0 Å². The van der Waals surface area contributed by atoms with Crippen molar-refractivity contribution in [1.82, 2.24) is 19.6 Å². The minimum atomic E-state index is -1.89. The lowest BCUT2D eigenvalue weighted by Gasteiger charge is -2.36. The zero-order chi connectivity index (χ0) is 18.6. The summed E-state index contributed by atoms with van der Waals surface area (Å²) in [5, 5.41) is 4.31. The number of hydrogen-bond donors (Lipinski definition) is 0. The Kier molecular flexibility index (Phi) is 4.00. The molecule has 0 N–H and O–H groups in total. The van der Waals surface area contributed by atoms with Gasteiger partial charge in [-0.1, -0.05) is 0 Å². The van der Waals surface area contributed by atoms with Gasteiger partial charge in [0.15, 0.2) is 0 Å². The van der Waals surface area contributed by atoms with Crippen molar-refractivity contribution in [2.45, 2.75) is 49.9 Å². The Morgan fingerprint density at radius 1 is 1.30 bits per heavy atom. The number of piperidine rings is 1. The van der Waals surface area contributed by atoms with Crippen molar-refractivity contribution in [3.63, 3.8) is 0 Å². The van der Waals surface area contributed by atoms with E-state index < -0.39 is 11.6 Å². The van der Waals surface area contributed by atoms with Crippen molar-refractivity contribution in [1.29, 1.82) is 0 Å². The Balaban J connectivity index is 1.31. The molecule has 0 aliphatic carbocycles. The van der Waals surface area contributed by atoms with Gasteiger partial charge in [-0.2, -0.15) is 5.10 Å². The predicted octanol–water partition coefficient (Wildman–Crippen LogP) is 0.948. The topological polar surface area (TPSA) is 67.7 Å². The van der Waals surface area contributed by atoms with Crippen LogP contribution in [-0.2, 0) is 20.9 Å². The molecule has 2 amide bonds. The lowest BCUT2D eigenvalue weighted by Crippen LogP contribution is -2.53. The van der Waals surface area contributed by atoms with Gasteiger partial charge < -0.3 is 14.5 Å². The number of carbonyl (C=O) groups excluding carboxylic acids is 2. The molecule has 0 radical (unpaired) electrons. The molecule has 2 bridgehead atoms. The van der Waals surface area contributed by atoms with Crippen LogP contribution in [0, 0.1) is 5.92 Å². The maximum absolute atomic E-state index is 14.8. The molecule has 0 spiro atoms. The van der Waals surface area contributed by atoms with E-state index in [0.29, 0.717) is 26.2 Å². The summed E-state index contributed by atoms with van der Waals surface area (Å²) in [4.78, 5) is 29.6. The molecule has 7 nitrogen and oxygen atoms in total. The average molecular weight is 376 g/mol. The molecule has 146 valence electrons. The molecular formula is C19H25FN4O3. The van der Waals surface area contributed by atoms with Crippen LogP contribution in [0.4, 0.5) is 4.39 Å². The number of rotatable bonds is 2. The zero-order valence-electron chi connectivity index (χ0n) is 15.3. The van der Waals surface area contributed by atoms with E-state index >= 15 is 0 Å².